The summed E-state index contributed by atoms with van der Waals surface area (Å²) in [5.74, 6) is -0.934. The first-order valence-corrected chi connectivity index (χ1v) is 14.1. The Morgan fingerprint density at radius 2 is 1.97 bits per heavy atom. The third kappa shape index (κ3) is 4.94. The van der Waals surface area contributed by atoms with Gasteiger partial charge in [0, 0.05) is 6.54 Å². The van der Waals surface area contributed by atoms with Gasteiger partial charge in [-0.1, -0.05) is 36.9 Å². The molecule has 0 spiro atoms. The first-order chi connectivity index (χ1) is 15.0. The molecular formula is C23H31N3O5Si. The minimum absolute atomic E-state index is 0.0681. The van der Waals surface area contributed by atoms with Crippen molar-refractivity contribution in [2.45, 2.75) is 51.7 Å². The number of esters is 1. The van der Waals surface area contributed by atoms with Crippen LogP contribution in [0.25, 0.3) is 5.57 Å². The van der Waals surface area contributed by atoms with Gasteiger partial charge >= 0.3 is 12.0 Å². The van der Waals surface area contributed by atoms with Crippen LogP contribution in [0.5, 0.6) is 0 Å². The maximum absolute atomic E-state index is 13.1. The van der Waals surface area contributed by atoms with Gasteiger partial charge in [-0.3, -0.25) is 4.79 Å². The number of carbonyl (C=O) groups excluding carboxylic acids is 3. The highest BCUT2D eigenvalue weighted by Crippen LogP contribution is 2.48. The number of carbonyl (C=O) groups is 3. The SMILES string of the molecule is C=CCOC(=O)C1=C(c2ccc(CNC(N)=O)cc2)C[C@@H]2[C@@H]([C@@H](C)O[Si](C)(C)C)C(=O)N12. The lowest BCUT2D eigenvalue weighted by molar-refractivity contribution is -0.161. The Bertz CT molecular complexity index is 951. The Morgan fingerprint density at radius 1 is 1.31 bits per heavy atom. The molecule has 0 unspecified atom stereocenters. The van der Waals surface area contributed by atoms with Crippen LogP contribution in [0.2, 0.25) is 19.6 Å². The summed E-state index contributed by atoms with van der Waals surface area (Å²) in [6.45, 7) is 12.2. The van der Waals surface area contributed by atoms with Gasteiger partial charge in [-0.05, 0) is 49.7 Å². The van der Waals surface area contributed by atoms with Crippen LogP contribution in [0.1, 0.15) is 24.5 Å². The van der Waals surface area contributed by atoms with E-state index in [1.165, 1.54) is 6.08 Å². The third-order valence-electron chi connectivity index (χ3n) is 5.55. The highest BCUT2D eigenvalue weighted by molar-refractivity contribution is 6.69. The molecule has 0 aromatic heterocycles. The lowest BCUT2D eigenvalue weighted by atomic mass is 9.82. The normalized spacial score (nSPS) is 21.0. The number of nitrogens with zero attached hydrogens (tertiary/aromatic N) is 1. The number of fused-ring (bicyclic) bond motifs is 1. The summed E-state index contributed by atoms with van der Waals surface area (Å²) >= 11 is 0. The van der Waals surface area contributed by atoms with Gasteiger partial charge in [0.1, 0.15) is 12.3 Å². The number of benzene rings is 1. The monoisotopic (exact) mass is 457 g/mol. The number of hydrogen-bond acceptors (Lipinski definition) is 5. The molecule has 0 radical (unpaired) electrons. The van der Waals surface area contributed by atoms with E-state index in [-0.39, 0.29) is 30.6 Å². The number of urea groups is 1. The van der Waals surface area contributed by atoms with E-state index in [9.17, 15) is 14.4 Å². The standard InChI is InChI=1S/C23H31N3O5Si/c1-6-11-30-22(28)20-17(16-9-7-15(8-10-16)13-25-23(24)29)12-18-19(21(27)26(18)20)14(2)31-32(3,4)5/h6-10,14,18-19H,1,11-13H2,2-5H3,(H3,24,25,29)/t14-,18-,19-/m1/s1. The summed E-state index contributed by atoms with van der Waals surface area (Å²) in [5.41, 5.74) is 7.89. The van der Waals surface area contributed by atoms with E-state index in [0.717, 1.165) is 16.7 Å². The minimum Gasteiger partial charge on any atom is -0.457 e. The van der Waals surface area contributed by atoms with Gasteiger partial charge in [0.05, 0.1) is 18.1 Å². The summed E-state index contributed by atoms with van der Waals surface area (Å²) in [7, 11) is -1.82. The van der Waals surface area contributed by atoms with Gasteiger partial charge in [0.15, 0.2) is 8.32 Å². The van der Waals surface area contributed by atoms with Crippen molar-refractivity contribution >= 4 is 31.8 Å². The second-order valence-corrected chi connectivity index (χ2v) is 13.5. The lowest BCUT2D eigenvalue weighted by Crippen LogP contribution is -2.63. The Labute approximate surface area is 189 Å². The van der Waals surface area contributed by atoms with E-state index < -0.39 is 20.3 Å². The van der Waals surface area contributed by atoms with Crippen LogP contribution in [0.15, 0.2) is 42.6 Å². The quantitative estimate of drug-likeness (QED) is 0.256. The van der Waals surface area contributed by atoms with Crippen molar-refractivity contribution in [1.82, 2.24) is 10.2 Å². The van der Waals surface area contributed by atoms with Gasteiger partial charge in [-0.15, -0.1) is 0 Å². The molecular weight excluding hydrogens is 426 g/mol. The summed E-state index contributed by atoms with van der Waals surface area (Å²) in [6.07, 6.45) is 1.82. The molecule has 1 saturated heterocycles. The Balaban J connectivity index is 1.88. The number of β-lactam (4-membered cyclic amide) rings is 1. The van der Waals surface area contributed by atoms with E-state index >= 15 is 0 Å². The molecule has 1 fully saturated rings. The number of ether oxygens (including phenoxy) is 1. The van der Waals surface area contributed by atoms with Crippen molar-refractivity contribution in [3.8, 4) is 0 Å². The highest BCUT2D eigenvalue weighted by atomic mass is 28.4. The topological polar surface area (TPSA) is 111 Å². The number of nitrogens with one attached hydrogen (secondary N) is 1. The molecule has 9 heteroatoms. The fourth-order valence-corrected chi connectivity index (χ4v) is 5.61. The molecule has 3 amide bonds. The fourth-order valence-electron chi connectivity index (χ4n) is 4.35. The molecule has 0 saturated carbocycles. The Hall–Kier alpha value is -2.91. The Morgan fingerprint density at radius 3 is 2.53 bits per heavy atom. The molecule has 3 atom stereocenters. The summed E-state index contributed by atoms with van der Waals surface area (Å²) in [6, 6.07) is 6.74. The van der Waals surface area contributed by atoms with Gasteiger partial charge in [-0.2, -0.15) is 0 Å². The van der Waals surface area contributed by atoms with Crippen LogP contribution in [-0.4, -0.2) is 49.9 Å². The maximum atomic E-state index is 13.1. The molecule has 32 heavy (non-hydrogen) atoms. The number of rotatable bonds is 9. The van der Waals surface area contributed by atoms with Gasteiger partial charge in [0.2, 0.25) is 5.91 Å². The van der Waals surface area contributed by atoms with Crippen LogP contribution in [0.4, 0.5) is 4.79 Å². The maximum Gasteiger partial charge on any atom is 0.355 e. The molecule has 0 bridgehead atoms. The van der Waals surface area contributed by atoms with Crippen LogP contribution in [0.3, 0.4) is 0 Å². The van der Waals surface area contributed by atoms with E-state index in [1.807, 2.05) is 31.2 Å². The van der Waals surface area contributed by atoms with Crippen molar-refractivity contribution in [3.05, 3.63) is 53.7 Å². The largest absolute Gasteiger partial charge is 0.457 e. The van der Waals surface area contributed by atoms with E-state index in [4.69, 9.17) is 14.9 Å². The van der Waals surface area contributed by atoms with E-state index in [2.05, 4.69) is 31.5 Å². The molecule has 1 aromatic rings. The molecule has 0 aliphatic carbocycles. The van der Waals surface area contributed by atoms with Crippen molar-refractivity contribution in [2.75, 3.05) is 6.61 Å². The van der Waals surface area contributed by atoms with Gasteiger partial charge in [-0.25, -0.2) is 9.59 Å². The zero-order chi connectivity index (χ0) is 23.6. The molecule has 172 valence electrons. The van der Waals surface area contributed by atoms with Gasteiger partial charge < -0.3 is 25.1 Å². The third-order valence-corrected chi connectivity index (χ3v) is 6.63. The van der Waals surface area contributed by atoms with Gasteiger partial charge in [0.25, 0.3) is 0 Å². The smallest absolute Gasteiger partial charge is 0.355 e. The predicted octanol–water partition coefficient (Wildman–Crippen LogP) is 2.77. The molecule has 8 nitrogen and oxygen atoms in total. The molecule has 2 aliphatic rings. The number of hydrogen-bond donors (Lipinski definition) is 2. The lowest BCUT2D eigenvalue weighted by Gasteiger charge is -2.47. The second kappa shape index (κ2) is 9.29. The molecule has 3 N–H and O–H groups in total. The molecule has 2 aliphatic heterocycles. The first kappa shape index (κ1) is 23.7. The summed E-state index contributed by atoms with van der Waals surface area (Å²) in [5, 5.41) is 2.55. The fraction of sp³-hybridized carbons (Fsp3) is 0.435. The molecule has 3 rings (SSSR count). The van der Waals surface area contributed by atoms with Crippen LogP contribution in [-0.2, 0) is 25.3 Å². The van der Waals surface area contributed by atoms with E-state index in [0.29, 0.717) is 18.7 Å². The van der Waals surface area contributed by atoms with Crippen LogP contribution < -0.4 is 11.1 Å². The van der Waals surface area contributed by atoms with Crippen molar-refractivity contribution in [2.24, 2.45) is 11.7 Å². The highest BCUT2D eigenvalue weighted by Gasteiger charge is 2.57. The Kier molecular flexibility index (Phi) is 6.90. The average Bonchev–Trinajstić information content (AvgIpc) is 3.04. The average molecular weight is 458 g/mol. The van der Waals surface area contributed by atoms with Crippen LogP contribution >= 0.6 is 0 Å². The van der Waals surface area contributed by atoms with Crippen molar-refractivity contribution in [1.29, 1.82) is 0 Å². The number of nitrogens with two attached hydrogens (primary N) is 1. The number of primary amides is 1. The van der Waals surface area contributed by atoms with Crippen molar-refractivity contribution < 1.29 is 23.5 Å². The van der Waals surface area contributed by atoms with Crippen molar-refractivity contribution in [3.63, 3.8) is 0 Å². The minimum atomic E-state index is -1.82. The van der Waals surface area contributed by atoms with Crippen LogP contribution in [0, 0.1) is 5.92 Å². The first-order valence-electron chi connectivity index (χ1n) is 10.7. The zero-order valence-electron chi connectivity index (χ0n) is 19.0. The second-order valence-electron chi connectivity index (χ2n) is 9.07. The predicted molar refractivity (Wildman–Crippen MR) is 124 cm³/mol. The summed E-state index contributed by atoms with van der Waals surface area (Å²) in [4.78, 5) is 38.5. The zero-order valence-corrected chi connectivity index (χ0v) is 20.0. The summed E-state index contributed by atoms with van der Waals surface area (Å²) < 4.78 is 11.5. The molecule has 1 aromatic carbocycles. The molecule has 2 heterocycles. The van der Waals surface area contributed by atoms with E-state index in [1.54, 1.807) is 4.90 Å². The number of amides is 3.